The first-order chi connectivity index (χ1) is 42.7. The third kappa shape index (κ3) is 15.9. The molecule has 19 nitrogen and oxygen atoms in total. The number of H-pyrrole nitrogens is 1. The summed E-state index contributed by atoms with van der Waals surface area (Å²) in [4.78, 5) is 96.8. The number of carbonyl (C=O) groups excluding carboxylic acids is 5. The zero-order valence-corrected chi connectivity index (χ0v) is 51.4. The molecule has 5 amide bonds. The summed E-state index contributed by atoms with van der Waals surface area (Å²) in [6, 6.07) is 19.8. The normalized spacial score (nSPS) is 21.1. The molecule has 1 saturated carbocycles. The number of rotatable bonds is 20. The molecule has 472 valence electrons. The van der Waals surface area contributed by atoms with Crippen molar-refractivity contribution in [3.8, 4) is 0 Å². The Morgan fingerprint density at radius 3 is 2.20 bits per heavy atom. The third-order valence-electron chi connectivity index (χ3n) is 19.7. The fourth-order valence-electron chi connectivity index (χ4n) is 14.2. The van der Waals surface area contributed by atoms with Gasteiger partial charge in [0.05, 0.1) is 30.1 Å². The molecule has 5 aliphatic heterocycles. The molecule has 0 spiro atoms. The molecule has 22 heteroatoms. The summed E-state index contributed by atoms with van der Waals surface area (Å²) in [5.74, 6) is -0.181. The summed E-state index contributed by atoms with van der Waals surface area (Å²) in [5.41, 5.74) is 9.39. The second-order valence-corrected chi connectivity index (χ2v) is 25.9. The molecule has 11 rings (SSSR count). The maximum absolute atomic E-state index is 14.5. The van der Waals surface area contributed by atoms with Crippen LogP contribution in [0.25, 0.3) is 11.0 Å². The number of likely N-dealkylation sites (tertiary alicyclic amines) is 2. The van der Waals surface area contributed by atoms with Gasteiger partial charge in [0.25, 0.3) is 5.91 Å². The van der Waals surface area contributed by atoms with Gasteiger partial charge < -0.3 is 46.3 Å². The average Bonchev–Trinajstić information content (AvgIpc) is 3.66. The number of aromatic nitrogens is 3. The molecule has 7 heterocycles. The number of benzene rings is 3. The molecule has 88 heavy (non-hydrogen) atoms. The number of carbonyl (C=O) groups is 5. The van der Waals surface area contributed by atoms with E-state index in [2.05, 4.69) is 50.5 Å². The van der Waals surface area contributed by atoms with Crippen molar-refractivity contribution in [3.63, 3.8) is 0 Å². The predicted molar refractivity (Wildman–Crippen MR) is 335 cm³/mol. The lowest BCUT2D eigenvalue weighted by Gasteiger charge is -2.41. The highest BCUT2D eigenvalue weighted by atomic mass is 35.5. The van der Waals surface area contributed by atoms with Crippen molar-refractivity contribution in [1.29, 1.82) is 0 Å². The molecule has 3 aromatic carbocycles. The Morgan fingerprint density at radius 1 is 0.716 bits per heavy atom. The number of hydrogen-bond acceptors (Lipinski definition) is 13. The van der Waals surface area contributed by atoms with E-state index in [0.29, 0.717) is 100 Å². The Labute approximate surface area is 520 Å². The Morgan fingerprint density at radius 2 is 1.45 bits per heavy atom. The van der Waals surface area contributed by atoms with E-state index in [1.807, 2.05) is 69.4 Å². The molecule has 6 fully saturated rings. The van der Waals surface area contributed by atoms with Gasteiger partial charge in [-0.05, 0) is 130 Å². The van der Waals surface area contributed by atoms with Gasteiger partial charge in [0.15, 0.2) is 0 Å². The highest BCUT2D eigenvalue weighted by Crippen LogP contribution is 2.33. The van der Waals surface area contributed by atoms with Crippen molar-refractivity contribution in [2.24, 2.45) is 17.6 Å². The van der Waals surface area contributed by atoms with E-state index in [9.17, 15) is 32.8 Å². The summed E-state index contributed by atoms with van der Waals surface area (Å²) in [6.45, 7) is 11.9. The predicted octanol–water partition coefficient (Wildman–Crippen LogP) is 6.31. The largest absolute Gasteiger partial charge is 0.356 e. The Bertz CT molecular complexity index is 3190. The second kappa shape index (κ2) is 29.3. The Kier molecular flexibility index (Phi) is 21.0. The van der Waals surface area contributed by atoms with Gasteiger partial charge in [0.1, 0.15) is 35.5 Å². The average molecular weight is 1230 g/mol. The lowest BCUT2D eigenvalue weighted by molar-refractivity contribution is -0.137. The topological polar surface area (TPSA) is 212 Å². The summed E-state index contributed by atoms with van der Waals surface area (Å²) >= 11 is 6.30. The van der Waals surface area contributed by atoms with Crippen molar-refractivity contribution in [2.45, 2.75) is 107 Å². The van der Waals surface area contributed by atoms with Crippen LogP contribution in [0.1, 0.15) is 116 Å². The number of nitrogens with one attached hydrogen (secondary N) is 4. The molecule has 0 radical (unpaired) electrons. The molecule has 5 saturated heterocycles. The summed E-state index contributed by atoms with van der Waals surface area (Å²) in [5, 5.41) is 11.1. The van der Waals surface area contributed by atoms with E-state index < -0.39 is 23.2 Å². The summed E-state index contributed by atoms with van der Waals surface area (Å²) < 4.78 is 27.6. The molecule has 1 unspecified atom stereocenters. The van der Waals surface area contributed by atoms with Crippen LogP contribution in [-0.2, 0) is 25.7 Å². The first kappa shape index (κ1) is 63.0. The minimum atomic E-state index is -1.02. The molecule has 2 aromatic heterocycles. The maximum atomic E-state index is 14.5. The number of anilines is 1. The number of aromatic amines is 1. The van der Waals surface area contributed by atoms with Crippen molar-refractivity contribution in [1.82, 2.24) is 60.3 Å². The molecule has 1 aliphatic carbocycles. The van der Waals surface area contributed by atoms with Crippen LogP contribution in [0.3, 0.4) is 0 Å². The van der Waals surface area contributed by atoms with E-state index in [1.54, 1.807) is 12.4 Å². The fraction of sp³-hybridized carbons (Fsp3) is 0.561. The highest BCUT2D eigenvalue weighted by molar-refractivity contribution is 6.30. The van der Waals surface area contributed by atoms with Gasteiger partial charge in [0, 0.05) is 133 Å². The van der Waals surface area contributed by atoms with Crippen molar-refractivity contribution in [3.05, 3.63) is 124 Å². The highest BCUT2D eigenvalue weighted by Gasteiger charge is 2.40. The minimum Gasteiger partial charge on any atom is -0.356 e. The number of nitrogens with two attached hydrogens (primary N) is 1. The van der Waals surface area contributed by atoms with Crippen LogP contribution in [0.2, 0.25) is 5.02 Å². The fourth-order valence-corrected chi connectivity index (χ4v) is 14.3. The van der Waals surface area contributed by atoms with Crippen LogP contribution in [0, 0.1) is 23.5 Å². The van der Waals surface area contributed by atoms with E-state index in [1.165, 1.54) is 12.1 Å². The zero-order chi connectivity index (χ0) is 61.2. The number of amides is 5. The standard InChI is InChI=1S/C66H87ClF2N14O5/c67-53-14-11-47(12-15-53)57(75-65(88)66(70)21-28-81(29-22-66)62-55-17-23-72-61(55)73-45-74-62)20-27-77-30-34-80(35-31-77)59(85)44-78-25-18-46(19-26-78)42-79-32-36-82(37-33-79)64(87)60(48-6-2-1-3-7-48)76-63(86)50-9-4-8-49(38-50)52-10-5-24-83(43-52)58(84)41-71-40-51-13-16-54(68)39-56(51)69/h4,8-9,11-17,23,38-39,45-46,48,52,57,60,71H,1-3,5-7,10,18-22,24-37,40-44,70H2,(H,75,88)(H,76,86)(H,72,73,74)/t52?,57-,60+/m0/s1. The quantitative estimate of drug-likeness (QED) is 0.0579. The number of hydrogen-bond donors (Lipinski definition) is 5. The second-order valence-electron chi connectivity index (χ2n) is 25.5. The van der Waals surface area contributed by atoms with Gasteiger partial charge in [-0.25, -0.2) is 18.7 Å². The van der Waals surface area contributed by atoms with Crippen molar-refractivity contribution >= 4 is 58.0 Å². The van der Waals surface area contributed by atoms with Gasteiger partial charge in [-0.1, -0.05) is 61.2 Å². The van der Waals surface area contributed by atoms with Crippen LogP contribution in [0.4, 0.5) is 14.6 Å². The molecule has 3 atom stereocenters. The molecule has 6 aliphatic rings. The number of nitrogens with zero attached hydrogens (tertiary/aromatic N) is 9. The van der Waals surface area contributed by atoms with Crippen LogP contribution in [0.5, 0.6) is 0 Å². The van der Waals surface area contributed by atoms with Gasteiger partial charge in [-0.15, -0.1) is 0 Å². The number of fused-ring (bicyclic) bond motifs is 1. The van der Waals surface area contributed by atoms with E-state index >= 15 is 0 Å². The Hall–Kier alpha value is -6.62. The SMILES string of the molecule is NC1(C(=O)N[C@@H](CCN2CCN(C(=O)CN3CCC(CN4CCN(C(=O)[C@H](NC(=O)c5cccc(C6CCCN(C(=O)CNCc7ccc(F)cc7F)C6)c5)C5CCCCC5)CC4)CC3)CC2)c2ccc(Cl)cc2)CCN(c2ncnc3[nH]ccc23)CC1. The van der Waals surface area contributed by atoms with Gasteiger partial charge in [-0.3, -0.25) is 38.7 Å². The van der Waals surface area contributed by atoms with E-state index in [0.717, 1.165) is 144 Å². The number of piperazine rings is 2. The summed E-state index contributed by atoms with van der Waals surface area (Å²) in [7, 11) is 0. The first-order valence-corrected chi connectivity index (χ1v) is 32.5. The van der Waals surface area contributed by atoms with Gasteiger partial charge in [0.2, 0.25) is 23.6 Å². The van der Waals surface area contributed by atoms with Crippen molar-refractivity contribution < 1.29 is 32.8 Å². The molecular formula is C66H87ClF2N14O5. The van der Waals surface area contributed by atoms with Crippen LogP contribution in [0.15, 0.2) is 85.3 Å². The maximum Gasteiger partial charge on any atom is 0.251 e. The molecule has 6 N–H and O–H groups in total. The monoisotopic (exact) mass is 1230 g/mol. The minimum absolute atomic E-state index is 0.00366. The lowest BCUT2D eigenvalue weighted by Crippen LogP contribution is -2.60. The first-order valence-electron chi connectivity index (χ1n) is 32.2. The van der Waals surface area contributed by atoms with Gasteiger partial charge >= 0.3 is 0 Å². The van der Waals surface area contributed by atoms with Crippen molar-refractivity contribution in [2.75, 3.05) is 123 Å². The Balaban J connectivity index is 0.593. The summed E-state index contributed by atoms with van der Waals surface area (Å²) in [6.07, 6.45) is 13.8. The van der Waals surface area contributed by atoms with Crippen LogP contribution in [-0.4, -0.2) is 203 Å². The zero-order valence-electron chi connectivity index (χ0n) is 50.7. The van der Waals surface area contributed by atoms with E-state index in [-0.39, 0.29) is 60.5 Å². The smallest absolute Gasteiger partial charge is 0.251 e. The van der Waals surface area contributed by atoms with Gasteiger partial charge in [-0.2, -0.15) is 0 Å². The molecule has 0 bridgehead atoms. The van der Waals surface area contributed by atoms with Crippen LogP contribution < -0.4 is 26.6 Å². The lowest BCUT2D eigenvalue weighted by atomic mass is 9.83. The van der Waals surface area contributed by atoms with Crippen LogP contribution >= 0.6 is 11.6 Å². The number of halogens is 3. The number of piperidine rings is 3. The molecular weight excluding hydrogens is 1140 g/mol. The van der Waals surface area contributed by atoms with E-state index in [4.69, 9.17) is 17.3 Å². The third-order valence-corrected chi connectivity index (χ3v) is 20.0. The molecule has 5 aromatic rings.